The Labute approximate surface area is 199 Å². The molecule has 3 aromatic carbocycles. The molecule has 172 valence electrons. The first-order chi connectivity index (χ1) is 16.6. The highest BCUT2D eigenvalue weighted by molar-refractivity contribution is 7.99. The number of halogens is 1. The van der Waals surface area contributed by atoms with Crippen LogP contribution in [0.2, 0.25) is 0 Å². The van der Waals surface area contributed by atoms with Crippen LogP contribution in [-0.2, 0) is 19.1 Å². The maximum atomic E-state index is 14.5. The number of nitrogens with zero attached hydrogens (tertiary/aromatic N) is 3. The Morgan fingerprint density at radius 2 is 1.59 bits per heavy atom. The van der Waals surface area contributed by atoms with E-state index in [0.717, 1.165) is 11.8 Å². The molecule has 1 atom stereocenters. The van der Waals surface area contributed by atoms with E-state index >= 15 is 0 Å². The molecule has 4 rings (SSSR count). The highest BCUT2D eigenvalue weighted by atomic mass is 32.2. The average molecular weight is 478 g/mol. The van der Waals surface area contributed by atoms with Crippen molar-refractivity contribution >= 4 is 23.7 Å². The SMILES string of the molecule is COC(=O)C(OC(=O)CSc1nnc(-c2ccccc2F)n1-c1ccccc1)c1ccccc1. The number of benzene rings is 3. The second-order valence-electron chi connectivity index (χ2n) is 7.05. The number of thioether (sulfide) groups is 1. The minimum absolute atomic E-state index is 0.150. The first-order valence-electron chi connectivity index (χ1n) is 10.3. The predicted molar refractivity (Wildman–Crippen MR) is 125 cm³/mol. The zero-order valence-corrected chi connectivity index (χ0v) is 18.9. The summed E-state index contributed by atoms with van der Waals surface area (Å²) in [5, 5.41) is 8.73. The molecule has 9 heteroatoms. The second kappa shape index (κ2) is 10.8. The minimum Gasteiger partial charge on any atom is -0.466 e. The van der Waals surface area contributed by atoms with E-state index < -0.39 is 23.9 Å². The van der Waals surface area contributed by atoms with Crippen molar-refractivity contribution in [1.82, 2.24) is 14.8 Å². The highest BCUT2D eigenvalue weighted by Crippen LogP contribution is 2.30. The van der Waals surface area contributed by atoms with Crippen LogP contribution in [0.15, 0.2) is 90.1 Å². The van der Waals surface area contributed by atoms with Crippen molar-refractivity contribution in [3.63, 3.8) is 0 Å². The Kier molecular flexibility index (Phi) is 7.34. The third kappa shape index (κ3) is 5.15. The summed E-state index contributed by atoms with van der Waals surface area (Å²) >= 11 is 1.07. The first-order valence-corrected chi connectivity index (χ1v) is 11.3. The lowest BCUT2D eigenvalue weighted by Gasteiger charge is -2.16. The number of esters is 2. The topological polar surface area (TPSA) is 83.3 Å². The number of hydrogen-bond donors (Lipinski definition) is 0. The molecule has 0 saturated carbocycles. The fourth-order valence-corrected chi connectivity index (χ4v) is 4.00. The number of hydrogen-bond acceptors (Lipinski definition) is 7. The molecular formula is C25H20FN3O4S. The van der Waals surface area contributed by atoms with Gasteiger partial charge in [-0.2, -0.15) is 0 Å². The van der Waals surface area contributed by atoms with Gasteiger partial charge < -0.3 is 9.47 Å². The number of para-hydroxylation sites is 1. The molecule has 0 bridgehead atoms. The van der Waals surface area contributed by atoms with Gasteiger partial charge in [-0.15, -0.1) is 10.2 Å². The summed E-state index contributed by atoms with van der Waals surface area (Å²) < 4.78 is 26.4. The average Bonchev–Trinajstić information content (AvgIpc) is 3.30. The molecular weight excluding hydrogens is 457 g/mol. The molecule has 1 unspecified atom stereocenters. The maximum Gasteiger partial charge on any atom is 0.351 e. The number of rotatable bonds is 8. The largest absolute Gasteiger partial charge is 0.466 e. The number of aromatic nitrogens is 3. The Morgan fingerprint density at radius 3 is 2.26 bits per heavy atom. The van der Waals surface area contributed by atoms with Crippen molar-refractivity contribution in [3.8, 4) is 17.1 Å². The lowest BCUT2D eigenvalue weighted by molar-refractivity contribution is -0.165. The summed E-state index contributed by atoms with van der Waals surface area (Å²) in [5.41, 5.74) is 1.49. The molecule has 0 aliphatic heterocycles. The lowest BCUT2D eigenvalue weighted by Crippen LogP contribution is -2.22. The Morgan fingerprint density at radius 1 is 0.941 bits per heavy atom. The third-order valence-electron chi connectivity index (χ3n) is 4.85. The number of carbonyl (C=O) groups excluding carboxylic acids is 2. The normalized spacial score (nSPS) is 11.6. The van der Waals surface area contributed by atoms with E-state index in [4.69, 9.17) is 9.47 Å². The summed E-state index contributed by atoms with van der Waals surface area (Å²) in [4.78, 5) is 24.8. The van der Waals surface area contributed by atoms with Gasteiger partial charge in [0.15, 0.2) is 11.0 Å². The monoisotopic (exact) mass is 477 g/mol. The van der Waals surface area contributed by atoms with Crippen LogP contribution in [0.5, 0.6) is 0 Å². The van der Waals surface area contributed by atoms with Crippen LogP contribution in [0.4, 0.5) is 4.39 Å². The molecule has 4 aromatic rings. The summed E-state index contributed by atoms with van der Waals surface area (Å²) in [5.74, 6) is -1.61. The van der Waals surface area contributed by atoms with Gasteiger partial charge in [0.2, 0.25) is 6.10 Å². The van der Waals surface area contributed by atoms with E-state index in [1.165, 1.54) is 13.2 Å². The van der Waals surface area contributed by atoms with Crippen molar-refractivity contribution < 1.29 is 23.5 Å². The zero-order valence-electron chi connectivity index (χ0n) is 18.1. The molecule has 1 aromatic heterocycles. The third-order valence-corrected chi connectivity index (χ3v) is 5.75. The van der Waals surface area contributed by atoms with Gasteiger partial charge in [0, 0.05) is 11.3 Å². The van der Waals surface area contributed by atoms with E-state index in [1.54, 1.807) is 53.1 Å². The van der Waals surface area contributed by atoms with Crippen molar-refractivity contribution in [3.05, 3.63) is 96.3 Å². The summed E-state index contributed by atoms with van der Waals surface area (Å²) in [6.45, 7) is 0. The predicted octanol–water partition coefficient (Wildman–Crippen LogP) is 4.62. The molecule has 0 fully saturated rings. The van der Waals surface area contributed by atoms with Crippen molar-refractivity contribution in [1.29, 1.82) is 0 Å². The molecule has 7 nitrogen and oxygen atoms in total. The van der Waals surface area contributed by atoms with Gasteiger partial charge in [-0.3, -0.25) is 9.36 Å². The molecule has 0 radical (unpaired) electrons. The Hall–Kier alpha value is -3.98. The quantitative estimate of drug-likeness (QED) is 0.270. The van der Waals surface area contributed by atoms with Crippen LogP contribution >= 0.6 is 11.8 Å². The Bertz CT molecular complexity index is 1280. The fraction of sp³-hybridized carbons (Fsp3) is 0.120. The van der Waals surface area contributed by atoms with Crippen LogP contribution in [0, 0.1) is 5.82 Å². The van der Waals surface area contributed by atoms with Crippen LogP contribution in [0.25, 0.3) is 17.1 Å². The van der Waals surface area contributed by atoms with Gasteiger partial charge in [-0.1, -0.05) is 72.4 Å². The molecule has 0 N–H and O–H groups in total. The number of methoxy groups -OCH3 is 1. The lowest BCUT2D eigenvalue weighted by atomic mass is 10.1. The number of carbonyl (C=O) groups is 2. The zero-order chi connectivity index (χ0) is 23.9. The Balaban J connectivity index is 1.58. The van der Waals surface area contributed by atoms with Crippen LogP contribution in [0.3, 0.4) is 0 Å². The van der Waals surface area contributed by atoms with Crippen LogP contribution in [0.1, 0.15) is 11.7 Å². The van der Waals surface area contributed by atoms with Gasteiger partial charge in [-0.25, -0.2) is 9.18 Å². The molecule has 1 heterocycles. The van der Waals surface area contributed by atoms with Crippen molar-refractivity contribution in [2.24, 2.45) is 0 Å². The summed E-state index contributed by atoms with van der Waals surface area (Å²) in [7, 11) is 1.23. The van der Waals surface area contributed by atoms with E-state index in [1.807, 2.05) is 30.3 Å². The van der Waals surface area contributed by atoms with Gasteiger partial charge in [0.25, 0.3) is 0 Å². The molecule has 34 heavy (non-hydrogen) atoms. The smallest absolute Gasteiger partial charge is 0.351 e. The minimum atomic E-state index is -1.18. The van der Waals surface area contributed by atoms with Crippen LogP contribution in [-0.4, -0.2) is 39.6 Å². The molecule has 0 spiro atoms. The van der Waals surface area contributed by atoms with Crippen molar-refractivity contribution in [2.45, 2.75) is 11.3 Å². The van der Waals surface area contributed by atoms with E-state index in [2.05, 4.69) is 10.2 Å². The summed E-state index contributed by atoms with van der Waals surface area (Å²) in [6.07, 6.45) is -1.18. The highest BCUT2D eigenvalue weighted by Gasteiger charge is 2.26. The molecule has 0 aliphatic carbocycles. The van der Waals surface area contributed by atoms with Gasteiger partial charge in [0.05, 0.1) is 18.4 Å². The fourth-order valence-electron chi connectivity index (χ4n) is 3.27. The van der Waals surface area contributed by atoms with E-state index in [-0.39, 0.29) is 11.3 Å². The standard InChI is InChI=1S/C25H20FN3O4S/c1-32-24(31)22(17-10-4-2-5-11-17)33-21(30)16-34-25-28-27-23(19-14-8-9-15-20(19)26)29(25)18-12-6-3-7-13-18/h2-15,22H,16H2,1H3. The van der Waals surface area contributed by atoms with Crippen LogP contribution < -0.4 is 0 Å². The molecule has 0 saturated heterocycles. The molecule has 0 aliphatic rings. The van der Waals surface area contributed by atoms with Gasteiger partial charge >= 0.3 is 11.9 Å². The van der Waals surface area contributed by atoms with Gasteiger partial charge in [-0.05, 0) is 24.3 Å². The van der Waals surface area contributed by atoms with Crippen molar-refractivity contribution in [2.75, 3.05) is 12.9 Å². The number of ether oxygens (including phenoxy) is 2. The summed E-state index contributed by atoms with van der Waals surface area (Å²) in [6, 6.07) is 24.1. The van der Waals surface area contributed by atoms with E-state index in [9.17, 15) is 14.0 Å². The second-order valence-corrected chi connectivity index (χ2v) is 7.99. The van der Waals surface area contributed by atoms with E-state index in [0.29, 0.717) is 22.2 Å². The maximum absolute atomic E-state index is 14.5. The first kappa shape index (κ1) is 23.2. The van der Waals surface area contributed by atoms with Gasteiger partial charge in [0.1, 0.15) is 5.82 Å². The molecule has 0 amide bonds.